The van der Waals surface area contributed by atoms with Gasteiger partial charge in [-0.3, -0.25) is 4.99 Å². The van der Waals surface area contributed by atoms with Crippen LogP contribution < -0.4 is 0 Å². The number of fused-ring (bicyclic) bond motifs is 1. The van der Waals surface area contributed by atoms with Crippen LogP contribution in [0.3, 0.4) is 0 Å². The highest BCUT2D eigenvalue weighted by Crippen LogP contribution is 2.21. The smallest absolute Gasteiger partial charge is 0.134 e. The van der Waals surface area contributed by atoms with E-state index in [4.69, 9.17) is 0 Å². The second kappa shape index (κ2) is 3.36. The Labute approximate surface area is 90.0 Å². The van der Waals surface area contributed by atoms with Gasteiger partial charge in [0.25, 0.3) is 0 Å². The molecule has 0 spiro atoms. The van der Waals surface area contributed by atoms with Crippen LogP contribution in [0.5, 0.6) is 0 Å². The number of likely N-dealkylation sites (tertiary alicyclic amines) is 1. The summed E-state index contributed by atoms with van der Waals surface area (Å²) < 4.78 is 0. The molecule has 0 aromatic rings. The van der Waals surface area contributed by atoms with E-state index in [2.05, 4.69) is 32.8 Å². The Kier molecular flexibility index (Phi) is 2.01. The first-order valence-electron chi connectivity index (χ1n) is 5.68. The Balaban J connectivity index is 1.90. The van der Waals surface area contributed by atoms with Crippen molar-refractivity contribution in [3.63, 3.8) is 0 Å². The van der Waals surface area contributed by atoms with Gasteiger partial charge in [-0.2, -0.15) is 0 Å². The van der Waals surface area contributed by atoms with E-state index >= 15 is 0 Å². The Morgan fingerprint density at radius 2 is 2.00 bits per heavy atom. The molecule has 0 N–H and O–H groups in total. The Morgan fingerprint density at radius 1 is 1.20 bits per heavy atom. The van der Waals surface area contributed by atoms with Crippen molar-refractivity contribution in [3.05, 3.63) is 11.9 Å². The highest BCUT2D eigenvalue weighted by Gasteiger charge is 2.25. The zero-order valence-corrected chi connectivity index (χ0v) is 9.11. The van der Waals surface area contributed by atoms with Crippen molar-refractivity contribution in [1.82, 2.24) is 9.80 Å². The molecule has 0 amide bonds. The van der Waals surface area contributed by atoms with E-state index in [9.17, 15) is 0 Å². The first kappa shape index (κ1) is 8.95. The standard InChI is InChI=1S/C11H16N4/c1-9-13-11(14-5-2-3-6-14)8-10-12-4-7-15(9)10/h8H,2-7H2,1H3. The quantitative estimate of drug-likeness (QED) is 0.639. The number of aliphatic imine (C=N–C) groups is 2. The molecule has 0 aromatic heterocycles. The third-order valence-corrected chi connectivity index (χ3v) is 3.23. The van der Waals surface area contributed by atoms with Gasteiger partial charge in [0.1, 0.15) is 17.5 Å². The summed E-state index contributed by atoms with van der Waals surface area (Å²) in [7, 11) is 0. The molecule has 3 heterocycles. The molecule has 3 aliphatic rings. The molecule has 80 valence electrons. The second-order valence-electron chi connectivity index (χ2n) is 4.25. The second-order valence-corrected chi connectivity index (χ2v) is 4.25. The van der Waals surface area contributed by atoms with E-state index < -0.39 is 0 Å². The van der Waals surface area contributed by atoms with Crippen LogP contribution in [0.4, 0.5) is 0 Å². The van der Waals surface area contributed by atoms with Crippen molar-refractivity contribution in [1.29, 1.82) is 0 Å². The molecular formula is C11H16N4. The van der Waals surface area contributed by atoms with Crippen molar-refractivity contribution in [2.24, 2.45) is 9.98 Å². The lowest BCUT2D eigenvalue weighted by molar-refractivity contribution is 0.418. The molecule has 0 radical (unpaired) electrons. The van der Waals surface area contributed by atoms with Crippen LogP contribution in [0.15, 0.2) is 21.9 Å². The monoisotopic (exact) mass is 204 g/mol. The predicted octanol–water partition coefficient (Wildman–Crippen LogP) is 1.07. The van der Waals surface area contributed by atoms with Gasteiger partial charge in [0.2, 0.25) is 0 Å². The molecule has 0 saturated carbocycles. The van der Waals surface area contributed by atoms with Crippen molar-refractivity contribution in [3.8, 4) is 0 Å². The van der Waals surface area contributed by atoms with Gasteiger partial charge >= 0.3 is 0 Å². The molecular weight excluding hydrogens is 188 g/mol. The molecule has 3 aliphatic heterocycles. The van der Waals surface area contributed by atoms with E-state index in [1.54, 1.807) is 0 Å². The summed E-state index contributed by atoms with van der Waals surface area (Å²) in [6.07, 6.45) is 4.72. The van der Waals surface area contributed by atoms with Gasteiger partial charge in [0.05, 0.1) is 6.54 Å². The Hall–Kier alpha value is -1.32. The number of rotatable bonds is 1. The summed E-state index contributed by atoms with van der Waals surface area (Å²) in [4.78, 5) is 13.7. The molecule has 0 bridgehead atoms. The molecule has 4 nitrogen and oxygen atoms in total. The van der Waals surface area contributed by atoms with Gasteiger partial charge in [0.15, 0.2) is 0 Å². The predicted molar refractivity (Wildman–Crippen MR) is 61.0 cm³/mol. The fourth-order valence-corrected chi connectivity index (χ4v) is 2.40. The molecule has 3 rings (SSSR count). The lowest BCUT2D eigenvalue weighted by Gasteiger charge is -2.27. The molecule has 0 atom stereocenters. The van der Waals surface area contributed by atoms with Crippen LogP contribution in [0.1, 0.15) is 19.8 Å². The van der Waals surface area contributed by atoms with Crippen LogP contribution >= 0.6 is 0 Å². The van der Waals surface area contributed by atoms with Crippen molar-refractivity contribution >= 4 is 11.7 Å². The average Bonchev–Trinajstić information content (AvgIpc) is 2.88. The van der Waals surface area contributed by atoms with Crippen molar-refractivity contribution in [2.75, 3.05) is 26.2 Å². The maximum absolute atomic E-state index is 4.66. The summed E-state index contributed by atoms with van der Waals surface area (Å²) >= 11 is 0. The molecule has 1 saturated heterocycles. The molecule has 0 unspecified atom stereocenters. The van der Waals surface area contributed by atoms with Gasteiger partial charge in [-0.15, -0.1) is 0 Å². The zero-order chi connectivity index (χ0) is 10.3. The average molecular weight is 204 g/mol. The van der Waals surface area contributed by atoms with E-state index in [0.717, 1.165) is 43.7 Å². The zero-order valence-electron chi connectivity index (χ0n) is 9.11. The van der Waals surface area contributed by atoms with Crippen LogP contribution in [-0.2, 0) is 0 Å². The first-order chi connectivity index (χ1) is 7.34. The van der Waals surface area contributed by atoms with E-state index in [1.165, 1.54) is 12.8 Å². The van der Waals surface area contributed by atoms with E-state index in [1.807, 2.05) is 0 Å². The maximum Gasteiger partial charge on any atom is 0.134 e. The molecule has 0 aliphatic carbocycles. The minimum atomic E-state index is 0.909. The van der Waals surface area contributed by atoms with E-state index in [0.29, 0.717) is 0 Å². The van der Waals surface area contributed by atoms with Crippen molar-refractivity contribution in [2.45, 2.75) is 19.8 Å². The summed E-state index contributed by atoms with van der Waals surface area (Å²) in [6.45, 7) is 6.27. The van der Waals surface area contributed by atoms with Gasteiger partial charge in [0, 0.05) is 25.7 Å². The fourth-order valence-electron chi connectivity index (χ4n) is 2.40. The summed E-state index contributed by atoms with van der Waals surface area (Å²) in [5.74, 6) is 3.31. The summed E-state index contributed by atoms with van der Waals surface area (Å²) in [6, 6.07) is 0. The third-order valence-electron chi connectivity index (χ3n) is 3.23. The Bertz CT molecular complexity index is 361. The van der Waals surface area contributed by atoms with Crippen LogP contribution in [0.2, 0.25) is 0 Å². The van der Waals surface area contributed by atoms with Crippen molar-refractivity contribution < 1.29 is 0 Å². The molecule has 1 fully saturated rings. The fraction of sp³-hybridized carbons (Fsp3) is 0.636. The number of hydrogen-bond donors (Lipinski definition) is 0. The summed E-state index contributed by atoms with van der Waals surface area (Å²) in [5.41, 5.74) is 0. The maximum atomic E-state index is 4.66. The minimum absolute atomic E-state index is 0.909. The lowest BCUT2D eigenvalue weighted by Crippen LogP contribution is -2.36. The molecule has 15 heavy (non-hydrogen) atoms. The van der Waals surface area contributed by atoms with Gasteiger partial charge in [-0.1, -0.05) is 0 Å². The van der Waals surface area contributed by atoms with Crippen LogP contribution in [-0.4, -0.2) is 47.7 Å². The first-order valence-corrected chi connectivity index (χ1v) is 5.68. The largest absolute Gasteiger partial charge is 0.356 e. The minimum Gasteiger partial charge on any atom is -0.356 e. The Morgan fingerprint density at radius 3 is 2.80 bits per heavy atom. The SMILES string of the molecule is CC1=NC(N2CCCC2)=CC2=NCCN12. The van der Waals surface area contributed by atoms with Gasteiger partial charge < -0.3 is 9.80 Å². The third kappa shape index (κ3) is 1.44. The molecule has 4 heteroatoms. The lowest BCUT2D eigenvalue weighted by atomic mass is 10.3. The number of nitrogens with zero attached hydrogens (tertiary/aromatic N) is 4. The topological polar surface area (TPSA) is 31.2 Å². The summed E-state index contributed by atoms with van der Waals surface area (Å²) in [5, 5.41) is 0. The van der Waals surface area contributed by atoms with Gasteiger partial charge in [-0.25, -0.2) is 4.99 Å². The highest BCUT2D eigenvalue weighted by atomic mass is 15.3. The van der Waals surface area contributed by atoms with Crippen LogP contribution in [0, 0.1) is 0 Å². The molecule has 0 aromatic carbocycles. The highest BCUT2D eigenvalue weighted by molar-refractivity contribution is 6.08. The van der Waals surface area contributed by atoms with Gasteiger partial charge in [-0.05, 0) is 19.8 Å². The van der Waals surface area contributed by atoms with Crippen LogP contribution in [0.25, 0.3) is 0 Å². The number of amidine groups is 2. The van der Waals surface area contributed by atoms with E-state index in [-0.39, 0.29) is 0 Å². The number of hydrogen-bond acceptors (Lipinski definition) is 4. The normalized spacial score (nSPS) is 25.0.